The summed E-state index contributed by atoms with van der Waals surface area (Å²) in [6.45, 7) is 1.27. The summed E-state index contributed by atoms with van der Waals surface area (Å²) in [4.78, 5) is 10.8. The van der Waals surface area contributed by atoms with Crippen molar-refractivity contribution in [3.05, 3.63) is 0 Å². The van der Waals surface area contributed by atoms with Gasteiger partial charge >= 0.3 is 5.97 Å². The number of rotatable bonds is 9. The van der Waals surface area contributed by atoms with E-state index in [2.05, 4.69) is 10.1 Å². The summed E-state index contributed by atoms with van der Waals surface area (Å²) in [6, 6.07) is 0. The smallest absolute Gasteiger partial charge is 0.305 e. The zero-order valence-corrected chi connectivity index (χ0v) is 11.5. The number of nitrogens with zero attached hydrogens (tertiary/aromatic N) is 1. The number of esters is 1. The van der Waals surface area contributed by atoms with Gasteiger partial charge in [0.25, 0.3) is 0 Å². The van der Waals surface area contributed by atoms with E-state index in [0.717, 1.165) is 13.0 Å². The third kappa shape index (κ3) is 7.30. The van der Waals surface area contributed by atoms with Crippen LogP contribution in [0.15, 0.2) is 0 Å². The van der Waals surface area contributed by atoms with Crippen LogP contribution in [0.1, 0.15) is 19.3 Å². The van der Waals surface area contributed by atoms with Crippen molar-refractivity contribution in [3.8, 4) is 0 Å². The summed E-state index contributed by atoms with van der Waals surface area (Å²) < 4.78 is 29.3. The van der Waals surface area contributed by atoms with Gasteiger partial charge in [-0.15, -0.1) is 0 Å². The molecule has 0 bridgehead atoms. The molecule has 0 aromatic heterocycles. The third-order valence-electron chi connectivity index (χ3n) is 2.39. The number of nitrogens with one attached hydrogen (secondary N) is 1. The summed E-state index contributed by atoms with van der Waals surface area (Å²) >= 11 is 0. The second-order valence-corrected chi connectivity index (χ2v) is 5.97. The van der Waals surface area contributed by atoms with Gasteiger partial charge in [0.15, 0.2) is 0 Å². The van der Waals surface area contributed by atoms with E-state index in [4.69, 9.17) is 0 Å². The van der Waals surface area contributed by atoms with Crippen molar-refractivity contribution < 1.29 is 17.9 Å². The molecule has 0 rings (SSSR count). The first-order valence-electron chi connectivity index (χ1n) is 5.59. The topological polar surface area (TPSA) is 75.7 Å². The first kappa shape index (κ1) is 16.3. The second-order valence-electron chi connectivity index (χ2n) is 3.77. The lowest BCUT2D eigenvalue weighted by molar-refractivity contribution is -0.140. The molecule has 0 aliphatic heterocycles. The molecule has 0 saturated carbocycles. The number of ether oxygens (including phenoxy) is 1. The minimum absolute atomic E-state index is 0.0157. The Morgan fingerprint density at radius 1 is 1.35 bits per heavy atom. The molecule has 0 aliphatic rings. The van der Waals surface area contributed by atoms with E-state index in [1.807, 2.05) is 7.05 Å². The molecule has 6 nitrogen and oxygen atoms in total. The van der Waals surface area contributed by atoms with E-state index in [-0.39, 0.29) is 18.1 Å². The molecule has 0 saturated heterocycles. The predicted octanol–water partition coefficient (Wildman–Crippen LogP) is -0.189. The molecule has 0 aromatic carbocycles. The molecule has 0 amide bonds. The Morgan fingerprint density at radius 2 is 2.00 bits per heavy atom. The van der Waals surface area contributed by atoms with E-state index < -0.39 is 10.0 Å². The molecule has 102 valence electrons. The van der Waals surface area contributed by atoms with Crippen molar-refractivity contribution in [3.63, 3.8) is 0 Å². The SMILES string of the molecule is CNCCCN(C)S(=O)(=O)CCCC(=O)OC. The van der Waals surface area contributed by atoms with Crippen molar-refractivity contribution in [2.75, 3.05) is 40.0 Å². The van der Waals surface area contributed by atoms with E-state index in [1.165, 1.54) is 11.4 Å². The van der Waals surface area contributed by atoms with Crippen molar-refractivity contribution >= 4 is 16.0 Å². The monoisotopic (exact) mass is 266 g/mol. The fraction of sp³-hybridized carbons (Fsp3) is 0.900. The highest BCUT2D eigenvalue weighted by Crippen LogP contribution is 2.03. The summed E-state index contributed by atoms with van der Waals surface area (Å²) in [6.07, 6.45) is 1.20. The molecule has 0 fully saturated rings. The van der Waals surface area contributed by atoms with Crippen LogP contribution in [-0.4, -0.2) is 58.7 Å². The largest absolute Gasteiger partial charge is 0.469 e. The molecule has 17 heavy (non-hydrogen) atoms. The van der Waals surface area contributed by atoms with Crippen molar-refractivity contribution in [1.82, 2.24) is 9.62 Å². The summed E-state index contributed by atoms with van der Waals surface area (Å²) in [5.41, 5.74) is 0. The normalized spacial score (nSPS) is 11.8. The molecular weight excluding hydrogens is 244 g/mol. The van der Waals surface area contributed by atoms with Gasteiger partial charge in [0, 0.05) is 20.0 Å². The van der Waals surface area contributed by atoms with Crippen molar-refractivity contribution in [2.24, 2.45) is 0 Å². The average molecular weight is 266 g/mol. The van der Waals surface area contributed by atoms with Gasteiger partial charge < -0.3 is 10.1 Å². The minimum Gasteiger partial charge on any atom is -0.469 e. The number of carbonyl (C=O) groups excluding carboxylic acids is 1. The summed E-state index contributed by atoms with van der Waals surface area (Å²) in [5, 5.41) is 2.96. The van der Waals surface area contributed by atoms with Gasteiger partial charge in [0.1, 0.15) is 0 Å². The molecule has 0 radical (unpaired) electrons. The maximum Gasteiger partial charge on any atom is 0.305 e. The van der Waals surface area contributed by atoms with Gasteiger partial charge in [-0.1, -0.05) is 0 Å². The Kier molecular flexibility index (Phi) is 8.11. The highest BCUT2D eigenvalue weighted by atomic mass is 32.2. The van der Waals surface area contributed by atoms with Gasteiger partial charge in [-0.3, -0.25) is 4.79 Å². The Labute approximate surface area is 103 Å². The predicted molar refractivity (Wildman–Crippen MR) is 66.2 cm³/mol. The fourth-order valence-electron chi connectivity index (χ4n) is 1.27. The zero-order chi connectivity index (χ0) is 13.3. The molecule has 0 spiro atoms. The quantitative estimate of drug-likeness (QED) is 0.462. The Bertz CT molecular complexity index is 316. The first-order valence-corrected chi connectivity index (χ1v) is 7.20. The third-order valence-corrected chi connectivity index (χ3v) is 4.32. The van der Waals surface area contributed by atoms with Crippen molar-refractivity contribution in [2.45, 2.75) is 19.3 Å². The molecule has 7 heteroatoms. The maximum absolute atomic E-state index is 11.7. The average Bonchev–Trinajstić information content (AvgIpc) is 2.28. The van der Waals surface area contributed by atoms with Crippen LogP contribution < -0.4 is 5.32 Å². The molecule has 0 heterocycles. The van der Waals surface area contributed by atoms with Crippen LogP contribution in [0.5, 0.6) is 0 Å². The van der Waals surface area contributed by atoms with Crippen LogP contribution in [0.25, 0.3) is 0 Å². The summed E-state index contributed by atoms with van der Waals surface area (Å²) in [5.74, 6) is -0.393. The lowest BCUT2D eigenvalue weighted by atomic mass is 10.3. The summed E-state index contributed by atoms with van der Waals surface area (Å²) in [7, 11) is 1.43. The lowest BCUT2D eigenvalue weighted by Gasteiger charge is -2.16. The molecule has 1 N–H and O–H groups in total. The van der Waals surface area contributed by atoms with Gasteiger partial charge in [0.2, 0.25) is 10.0 Å². The fourth-order valence-corrected chi connectivity index (χ4v) is 2.50. The molecule has 0 unspecified atom stereocenters. The Morgan fingerprint density at radius 3 is 2.53 bits per heavy atom. The molecule has 0 atom stereocenters. The van der Waals surface area contributed by atoms with Gasteiger partial charge in [-0.05, 0) is 26.4 Å². The first-order chi connectivity index (χ1) is 7.94. The number of hydrogen-bond donors (Lipinski definition) is 1. The highest BCUT2D eigenvalue weighted by Gasteiger charge is 2.17. The number of methoxy groups -OCH3 is 1. The van der Waals surface area contributed by atoms with Gasteiger partial charge in [0.05, 0.1) is 12.9 Å². The lowest BCUT2D eigenvalue weighted by Crippen LogP contribution is -2.31. The molecule has 0 aromatic rings. The van der Waals surface area contributed by atoms with Crippen LogP contribution in [0.2, 0.25) is 0 Å². The van der Waals surface area contributed by atoms with Crippen LogP contribution in [0.3, 0.4) is 0 Å². The number of hydrogen-bond acceptors (Lipinski definition) is 5. The second kappa shape index (κ2) is 8.43. The van der Waals surface area contributed by atoms with Crippen LogP contribution in [0.4, 0.5) is 0 Å². The van der Waals surface area contributed by atoms with E-state index in [9.17, 15) is 13.2 Å². The van der Waals surface area contributed by atoms with Gasteiger partial charge in [-0.25, -0.2) is 12.7 Å². The maximum atomic E-state index is 11.7. The highest BCUT2D eigenvalue weighted by molar-refractivity contribution is 7.89. The van der Waals surface area contributed by atoms with E-state index in [0.29, 0.717) is 13.0 Å². The zero-order valence-electron chi connectivity index (χ0n) is 10.7. The van der Waals surface area contributed by atoms with Crippen LogP contribution in [0, 0.1) is 0 Å². The Hall–Kier alpha value is -0.660. The van der Waals surface area contributed by atoms with E-state index >= 15 is 0 Å². The van der Waals surface area contributed by atoms with Crippen LogP contribution in [-0.2, 0) is 19.6 Å². The van der Waals surface area contributed by atoms with Gasteiger partial charge in [-0.2, -0.15) is 0 Å². The van der Waals surface area contributed by atoms with Crippen molar-refractivity contribution in [1.29, 1.82) is 0 Å². The molecule has 0 aliphatic carbocycles. The van der Waals surface area contributed by atoms with E-state index in [1.54, 1.807) is 7.05 Å². The standard InChI is InChI=1S/C10H22N2O4S/c1-11-7-5-8-12(2)17(14,15)9-4-6-10(13)16-3/h11H,4-9H2,1-3H3. The number of carbonyl (C=O) groups is 1. The molecular formula is C10H22N2O4S. The minimum atomic E-state index is -3.25. The Balaban J connectivity index is 3.96. The van der Waals surface area contributed by atoms with Crippen LogP contribution >= 0.6 is 0 Å². The number of sulfonamides is 1.